The topological polar surface area (TPSA) is 42.4 Å². The summed E-state index contributed by atoms with van der Waals surface area (Å²) in [6.07, 6.45) is 2.37. The van der Waals surface area contributed by atoms with E-state index in [4.69, 9.17) is 4.74 Å². The van der Waals surface area contributed by atoms with Crippen LogP contribution in [0.25, 0.3) is 0 Å². The Hall–Kier alpha value is -2.43. The summed E-state index contributed by atoms with van der Waals surface area (Å²) in [5.41, 5.74) is 1.14. The van der Waals surface area contributed by atoms with Crippen molar-refractivity contribution in [3.05, 3.63) is 59.5 Å². The van der Waals surface area contributed by atoms with Gasteiger partial charge in [-0.2, -0.15) is 0 Å². The molecule has 1 amide bonds. The van der Waals surface area contributed by atoms with Gasteiger partial charge in [-0.05, 0) is 37.1 Å². The van der Waals surface area contributed by atoms with Crippen molar-refractivity contribution in [2.45, 2.75) is 19.3 Å². The Balaban J connectivity index is 1.77. The average Bonchev–Trinajstić information content (AvgIpc) is 3.05. The van der Waals surface area contributed by atoms with Crippen LogP contribution in [-0.4, -0.2) is 35.5 Å². The molecule has 0 N–H and O–H groups in total. The summed E-state index contributed by atoms with van der Waals surface area (Å²) in [5.74, 6) is 0.0743. The number of hydrogen-bond donors (Lipinski definition) is 0. The first-order valence-electron chi connectivity index (χ1n) is 7.82. The van der Waals surface area contributed by atoms with E-state index in [9.17, 15) is 9.18 Å². The van der Waals surface area contributed by atoms with Crippen molar-refractivity contribution in [3.63, 3.8) is 0 Å². The minimum Gasteiger partial charge on any atom is -0.477 e. The second-order valence-electron chi connectivity index (χ2n) is 5.55. The lowest BCUT2D eigenvalue weighted by Crippen LogP contribution is -2.29. The first-order chi connectivity index (χ1) is 11.2. The molecule has 0 bridgehead atoms. The number of benzene rings is 1. The van der Waals surface area contributed by atoms with Gasteiger partial charge in [-0.1, -0.05) is 18.2 Å². The van der Waals surface area contributed by atoms with Gasteiger partial charge in [0.1, 0.15) is 11.4 Å². The van der Waals surface area contributed by atoms with Crippen LogP contribution in [-0.2, 0) is 0 Å². The Kier molecular flexibility index (Phi) is 4.55. The van der Waals surface area contributed by atoms with Gasteiger partial charge in [0.05, 0.1) is 6.61 Å². The zero-order chi connectivity index (χ0) is 16.2. The van der Waals surface area contributed by atoms with Crippen molar-refractivity contribution in [1.29, 1.82) is 0 Å². The molecule has 1 aromatic carbocycles. The number of halogens is 1. The number of carbonyl (C=O) groups is 1. The number of pyridine rings is 1. The molecule has 4 nitrogen and oxygen atoms in total. The molecule has 3 rings (SSSR count). The normalized spacial score (nSPS) is 17.3. The first kappa shape index (κ1) is 15.5. The van der Waals surface area contributed by atoms with Gasteiger partial charge in [0.25, 0.3) is 5.91 Å². The van der Waals surface area contributed by atoms with Gasteiger partial charge in [-0.15, -0.1) is 0 Å². The van der Waals surface area contributed by atoms with Gasteiger partial charge in [0.15, 0.2) is 0 Å². The van der Waals surface area contributed by atoms with Crippen LogP contribution in [0.15, 0.2) is 42.6 Å². The van der Waals surface area contributed by atoms with E-state index >= 15 is 0 Å². The zero-order valence-electron chi connectivity index (χ0n) is 13.0. The summed E-state index contributed by atoms with van der Waals surface area (Å²) in [4.78, 5) is 18.6. The zero-order valence-corrected chi connectivity index (χ0v) is 13.0. The summed E-state index contributed by atoms with van der Waals surface area (Å²) in [6.45, 7) is 3.43. The third kappa shape index (κ3) is 3.18. The van der Waals surface area contributed by atoms with Crippen molar-refractivity contribution >= 4 is 5.91 Å². The molecule has 0 radical (unpaired) electrons. The van der Waals surface area contributed by atoms with Crippen LogP contribution >= 0.6 is 0 Å². The maximum absolute atomic E-state index is 13.9. The third-order valence-corrected chi connectivity index (χ3v) is 4.10. The van der Waals surface area contributed by atoms with E-state index < -0.39 is 0 Å². The lowest BCUT2D eigenvalue weighted by molar-refractivity contribution is 0.0785. The maximum atomic E-state index is 13.9. The first-order valence-corrected chi connectivity index (χ1v) is 7.82. The van der Waals surface area contributed by atoms with Crippen LogP contribution in [0.3, 0.4) is 0 Å². The van der Waals surface area contributed by atoms with Gasteiger partial charge >= 0.3 is 0 Å². The van der Waals surface area contributed by atoms with Crippen molar-refractivity contribution < 1.29 is 13.9 Å². The lowest BCUT2D eigenvalue weighted by Gasteiger charge is -2.18. The molecular weight excluding hydrogens is 295 g/mol. The van der Waals surface area contributed by atoms with Crippen LogP contribution in [0, 0.1) is 5.82 Å². The highest BCUT2D eigenvalue weighted by molar-refractivity contribution is 5.96. The SMILES string of the molecule is CCOc1ncccc1C(=O)N1CCC(c2ccccc2F)C1. The second kappa shape index (κ2) is 6.77. The fraction of sp³-hybridized carbons (Fsp3) is 0.333. The molecule has 2 aromatic rings. The second-order valence-corrected chi connectivity index (χ2v) is 5.55. The number of amides is 1. The highest BCUT2D eigenvalue weighted by Gasteiger charge is 2.30. The minimum atomic E-state index is -0.205. The van der Waals surface area contributed by atoms with Crippen molar-refractivity contribution in [2.75, 3.05) is 19.7 Å². The van der Waals surface area contributed by atoms with E-state index in [-0.39, 0.29) is 17.6 Å². The lowest BCUT2D eigenvalue weighted by atomic mass is 9.98. The quantitative estimate of drug-likeness (QED) is 0.870. The number of rotatable bonds is 4. The van der Waals surface area contributed by atoms with Crippen molar-refractivity contribution in [1.82, 2.24) is 9.88 Å². The number of likely N-dealkylation sites (tertiary alicyclic amines) is 1. The van der Waals surface area contributed by atoms with Gasteiger partial charge in [-0.25, -0.2) is 9.37 Å². The van der Waals surface area contributed by atoms with E-state index in [1.807, 2.05) is 13.0 Å². The number of hydrogen-bond acceptors (Lipinski definition) is 3. The maximum Gasteiger partial charge on any atom is 0.259 e. The largest absolute Gasteiger partial charge is 0.477 e. The van der Waals surface area contributed by atoms with Crippen LogP contribution in [0.1, 0.15) is 35.2 Å². The molecule has 1 saturated heterocycles. The molecule has 0 saturated carbocycles. The summed E-state index contributed by atoms with van der Waals surface area (Å²) < 4.78 is 19.4. The van der Waals surface area contributed by atoms with E-state index in [0.29, 0.717) is 36.7 Å². The van der Waals surface area contributed by atoms with Gasteiger partial charge in [-0.3, -0.25) is 4.79 Å². The Bertz CT molecular complexity index is 705. The Morgan fingerprint density at radius 1 is 1.35 bits per heavy atom. The Morgan fingerprint density at radius 2 is 2.17 bits per heavy atom. The van der Waals surface area contributed by atoms with E-state index in [0.717, 1.165) is 6.42 Å². The van der Waals surface area contributed by atoms with E-state index in [1.165, 1.54) is 6.07 Å². The van der Waals surface area contributed by atoms with Crippen molar-refractivity contribution in [3.8, 4) is 5.88 Å². The molecule has 120 valence electrons. The Morgan fingerprint density at radius 3 is 2.96 bits per heavy atom. The molecule has 0 spiro atoms. The standard InChI is InChI=1S/C18H19FN2O2/c1-2-23-17-15(7-5-10-20-17)18(22)21-11-9-13(12-21)14-6-3-4-8-16(14)19/h3-8,10,13H,2,9,11-12H2,1H3. The van der Waals surface area contributed by atoms with Gasteiger partial charge in [0, 0.05) is 25.2 Å². The molecule has 5 heteroatoms. The van der Waals surface area contributed by atoms with Crippen molar-refractivity contribution in [2.24, 2.45) is 0 Å². The minimum absolute atomic E-state index is 0.0346. The number of nitrogens with zero attached hydrogens (tertiary/aromatic N) is 2. The Labute approximate surface area is 134 Å². The van der Waals surface area contributed by atoms with Crippen LogP contribution < -0.4 is 4.74 Å². The number of aromatic nitrogens is 1. The highest BCUT2D eigenvalue weighted by atomic mass is 19.1. The smallest absolute Gasteiger partial charge is 0.259 e. The number of ether oxygens (including phenoxy) is 1. The molecule has 1 atom stereocenters. The fourth-order valence-electron chi connectivity index (χ4n) is 2.98. The molecule has 1 unspecified atom stereocenters. The molecular formula is C18H19FN2O2. The predicted octanol–water partition coefficient (Wildman–Crippen LogP) is 3.25. The summed E-state index contributed by atoms with van der Waals surface area (Å²) in [6, 6.07) is 10.2. The van der Waals surface area contributed by atoms with Crippen LogP contribution in [0.5, 0.6) is 5.88 Å². The molecule has 1 aliphatic heterocycles. The fourth-order valence-corrected chi connectivity index (χ4v) is 2.98. The van der Waals surface area contributed by atoms with Crippen LogP contribution in [0.2, 0.25) is 0 Å². The molecule has 1 aliphatic rings. The average molecular weight is 314 g/mol. The number of carbonyl (C=O) groups excluding carboxylic acids is 1. The summed E-state index contributed by atoms with van der Waals surface area (Å²) >= 11 is 0. The van der Waals surface area contributed by atoms with Gasteiger partial charge in [0.2, 0.25) is 5.88 Å². The summed E-state index contributed by atoms with van der Waals surface area (Å²) in [5, 5.41) is 0. The van der Waals surface area contributed by atoms with E-state index in [2.05, 4.69) is 4.98 Å². The summed E-state index contributed by atoms with van der Waals surface area (Å²) in [7, 11) is 0. The molecule has 1 aromatic heterocycles. The predicted molar refractivity (Wildman–Crippen MR) is 85.1 cm³/mol. The molecule has 23 heavy (non-hydrogen) atoms. The molecule has 0 aliphatic carbocycles. The highest BCUT2D eigenvalue weighted by Crippen LogP contribution is 2.30. The van der Waals surface area contributed by atoms with Gasteiger partial charge < -0.3 is 9.64 Å². The van der Waals surface area contributed by atoms with E-state index in [1.54, 1.807) is 35.4 Å². The third-order valence-electron chi connectivity index (χ3n) is 4.10. The van der Waals surface area contributed by atoms with Crippen LogP contribution in [0.4, 0.5) is 4.39 Å². The molecule has 2 heterocycles. The monoisotopic (exact) mass is 314 g/mol. The molecule has 1 fully saturated rings.